The third-order valence-electron chi connectivity index (χ3n) is 2.59. The smallest absolute Gasteiger partial charge is 0.348 e. The molecule has 3 nitrogen and oxygen atoms in total. The number of anilines is 1. The number of esters is 1. The number of nitrogens with zero attached hydrogens (tertiary/aromatic N) is 1. The second-order valence-corrected chi connectivity index (χ2v) is 5.11. The van der Waals surface area contributed by atoms with Gasteiger partial charge in [0.05, 0.1) is 12.1 Å². The molecule has 0 unspecified atom stereocenters. The molecule has 1 aromatic heterocycles. The van der Waals surface area contributed by atoms with Crippen LogP contribution in [0, 0.1) is 0 Å². The molecule has 1 aromatic carbocycles. The van der Waals surface area contributed by atoms with Gasteiger partial charge in [-0.1, -0.05) is 30.3 Å². The third kappa shape index (κ3) is 2.38. The van der Waals surface area contributed by atoms with Gasteiger partial charge in [-0.2, -0.15) is 0 Å². The molecule has 0 fully saturated rings. The second-order valence-electron chi connectivity index (χ2n) is 4.08. The van der Waals surface area contributed by atoms with Crippen LogP contribution in [0.4, 0.5) is 5.00 Å². The van der Waals surface area contributed by atoms with Gasteiger partial charge in [-0.15, -0.1) is 11.3 Å². The Hall–Kier alpha value is -1.81. The van der Waals surface area contributed by atoms with Gasteiger partial charge in [0.1, 0.15) is 4.88 Å². The lowest BCUT2D eigenvalue weighted by molar-refractivity contribution is 0.0606. The summed E-state index contributed by atoms with van der Waals surface area (Å²) >= 11 is 1.45. The van der Waals surface area contributed by atoms with Crippen LogP contribution in [0.15, 0.2) is 36.4 Å². The number of hydrogen-bond acceptors (Lipinski definition) is 4. The van der Waals surface area contributed by atoms with E-state index in [1.807, 2.05) is 55.4 Å². The molecule has 4 heteroatoms. The first-order chi connectivity index (χ1) is 8.63. The zero-order chi connectivity index (χ0) is 13.1. The molecule has 0 aliphatic rings. The molecule has 1 heterocycles. The lowest BCUT2D eigenvalue weighted by atomic mass is 10.1. The summed E-state index contributed by atoms with van der Waals surface area (Å²) < 4.78 is 4.77. The average Bonchev–Trinajstić information content (AvgIpc) is 2.84. The monoisotopic (exact) mass is 261 g/mol. The maximum absolute atomic E-state index is 11.6. The normalized spacial score (nSPS) is 10.2. The summed E-state index contributed by atoms with van der Waals surface area (Å²) in [5.74, 6) is -0.287. The van der Waals surface area contributed by atoms with Gasteiger partial charge in [-0.25, -0.2) is 4.79 Å². The van der Waals surface area contributed by atoms with Crippen molar-refractivity contribution in [3.05, 3.63) is 41.3 Å². The first kappa shape index (κ1) is 12.6. The molecular weight excluding hydrogens is 246 g/mol. The number of hydrogen-bond donors (Lipinski definition) is 0. The van der Waals surface area contributed by atoms with Gasteiger partial charge in [0.25, 0.3) is 0 Å². The van der Waals surface area contributed by atoms with Crippen molar-refractivity contribution < 1.29 is 9.53 Å². The number of carbonyl (C=O) groups excluding carboxylic acids is 1. The van der Waals surface area contributed by atoms with Gasteiger partial charge in [0.15, 0.2) is 0 Å². The van der Waals surface area contributed by atoms with Crippen LogP contribution in [0.1, 0.15) is 9.67 Å². The minimum atomic E-state index is -0.287. The number of carbonyl (C=O) groups is 1. The average molecular weight is 261 g/mol. The van der Waals surface area contributed by atoms with Gasteiger partial charge >= 0.3 is 5.97 Å². The molecule has 0 saturated carbocycles. The molecule has 2 aromatic rings. The highest BCUT2D eigenvalue weighted by atomic mass is 32.1. The standard InChI is InChI=1S/C14H15NO2S/c1-15(2)13-11(10-7-5-4-6-8-10)9-12(18-13)14(16)17-3/h4-9H,1-3H3. The quantitative estimate of drug-likeness (QED) is 0.794. The Morgan fingerprint density at radius 3 is 2.44 bits per heavy atom. The van der Waals surface area contributed by atoms with Crippen LogP contribution in [0.5, 0.6) is 0 Å². The van der Waals surface area contributed by atoms with Gasteiger partial charge in [-0.3, -0.25) is 0 Å². The number of methoxy groups -OCH3 is 1. The van der Waals surface area contributed by atoms with Gasteiger partial charge in [-0.05, 0) is 11.6 Å². The van der Waals surface area contributed by atoms with Gasteiger partial charge in [0.2, 0.25) is 0 Å². The molecule has 0 aliphatic carbocycles. The Kier molecular flexibility index (Phi) is 3.67. The highest BCUT2D eigenvalue weighted by Crippen LogP contribution is 2.38. The summed E-state index contributed by atoms with van der Waals surface area (Å²) in [5.41, 5.74) is 2.17. The molecule has 0 spiro atoms. The van der Waals surface area contributed by atoms with Gasteiger partial charge < -0.3 is 9.64 Å². The van der Waals surface area contributed by atoms with E-state index in [9.17, 15) is 4.79 Å². The van der Waals surface area contributed by atoms with Crippen molar-refractivity contribution in [2.24, 2.45) is 0 Å². The molecule has 0 bridgehead atoms. The van der Waals surface area contributed by atoms with E-state index in [2.05, 4.69) is 0 Å². The molecule has 0 N–H and O–H groups in total. The van der Waals surface area contributed by atoms with Crippen molar-refractivity contribution in [1.29, 1.82) is 0 Å². The highest BCUT2D eigenvalue weighted by molar-refractivity contribution is 7.18. The van der Waals surface area contributed by atoms with Crippen LogP contribution >= 0.6 is 11.3 Å². The summed E-state index contributed by atoms with van der Waals surface area (Å²) in [6.07, 6.45) is 0. The predicted octanol–water partition coefficient (Wildman–Crippen LogP) is 3.27. The Labute approximate surface area is 111 Å². The van der Waals surface area contributed by atoms with Crippen LogP contribution in [0.25, 0.3) is 11.1 Å². The van der Waals surface area contributed by atoms with Gasteiger partial charge in [0, 0.05) is 19.7 Å². The molecule has 94 valence electrons. The molecule has 18 heavy (non-hydrogen) atoms. The summed E-state index contributed by atoms with van der Waals surface area (Å²) in [5, 5.41) is 1.06. The highest BCUT2D eigenvalue weighted by Gasteiger charge is 2.17. The van der Waals surface area contributed by atoms with Crippen LogP contribution in [0.3, 0.4) is 0 Å². The van der Waals surface area contributed by atoms with Crippen LogP contribution in [-0.4, -0.2) is 27.2 Å². The molecule has 0 radical (unpaired) electrons. The van der Waals surface area contributed by atoms with Crippen molar-refractivity contribution in [2.45, 2.75) is 0 Å². The van der Waals surface area contributed by atoms with E-state index >= 15 is 0 Å². The van der Waals surface area contributed by atoms with Crippen molar-refractivity contribution in [3.8, 4) is 11.1 Å². The van der Waals surface area contributed by atoms with Crippen LogP contribution in [0.2, 0.25) is 0 Å². The molecule has 0 amide bonds. The van der Waals surface area contributed by atoms with Crippen molar-refractivity contribution in [1.82, 2.24) is 0 Å². The van der Waals surface area contributed by atoms with Crippen molar-refractivity contribution >= 4 is 22.3 Å². The van der Waals surface area contributed by atoms with E-state index in [1.54, 1.807) is 0 Å². The van der Waals surface area contributed by atoms with Crippen molar-refractivity contribution in [2.75, 3.05) is 26.1 Å². The second kappa shape index (κ2) is 5.23. The van der Waals surface area contributed by atoms with Crippen molar-refractivity contribution in [3.63, 3.8) is 0 Å². The summed E-state index contributed by atoms with van der Waals surface area (Å²) in [4.78, 5) is 14.2. The molecule has 0 aliphatic heterocycles. The predicted molar refractivity (Wildman–Crippen MR) is 75.4 cm³/mol. The fourth-order valence-corrected chi connectivity index (χ4v) is 2.76. The Balaban J connectivity index is 2.52. The van der Waals surface area contributed by atoms with E-state index in [0.29, 0.717) is 4.88 Å². The zero-order valence-corrected chi connectivity index (χ0v) is 11.5. The summed E-state index contributed by atoms with van der Waals surface area (Å²) in [6, 6.07) is 11.9. The minimum absolute atomic E-state index is 0.287. The largest absolute Gasteiger partial charge is 0.465 e. The number of rotatable bonds is 3. The summed E-state index contributed by atoms with van der Waals surface area (Å²) in [7, 11) is 5.35. The van der Waals surface area contributed by atoms with E-state index < -0.39 is 0 Å². The number of ether oxygens (including phenoxy) is 1. The third-order valence-corrected chi connectivity index (χ3v) is 3.87. The Morgan fingerprint density at radius 1 is 1.22 bits per heavy atom. The maximum atomic E-state index is 11.6. The fraction of sp³-hybridized carbons (Fsp3) is 0.214. The number of thiophene rings is 1. The number of benzene rings is 1. The minimum Gasteiger partial charge on any atom is -0.465 e. The van der Waals surface area contributed by atoms with Crippen LogP contribution < -0.4 is 4.90 Å². The maximum Gasteiger partial charge on any atom is 0.348 e. The zero-order valence-electron chi connectivity index (χ0n) is 10.6. The topological polar surface area (TPSA) is 29.5 Å². The SMILES string of the molecule is COC(=O)c1cc(-c2ccccc2)c(N(C)C)s1. The lowest BCUT2D eigenvalue weighted by Gasteiger charge is -2.12. The Morgan fingerprint density at radius 2 is 1.89 bits per heavy atom. The molecular formula is C14H15NO2S. The van der Waals surface area contributed by atoms with E-state index in [-0.39, 0.29) is 5.97 Å². The fourth-order valence-electron chi connectivity index (χ4n) is 1.74. The Bertz CT molecular complexity index is 546. The lowest BCUT2D eigenvalue weighted by Crippen LogP contribution is -2.07. The molecule has 0 atom stereocenters. The summed E-state index contributed by atoms with van der Waals surface area (Å²) in [6.45, 7) is 0. The molecule has 0 saturated heterocycles. The van der Waals surface area contributed by atoms with E-state index in [0.717, 1.165) is 16.1 Å². The first-order valence-electron chi connectivity index (χ1n) is 5.58. The van der Waals surface area contributed by atoms with E-state index in [4.69, 9.17) is 4.74 Å². The van der Waals surface area contributed by atoms with E-state index in [1.165, 1.54) is 18.4 Å². The molecule has 2 rings (SSSR count). The first-order valence-corrected chi connectivity index (χ1v) is 6.40. The van der Waals surface area contributed by atoms with Crippen LogP contribution in [-0.2, 0) is 4.74 Å².